The van der Waals surface area contributed by atoms with Gasteiger partial charge in [0.15, 0.2) is 5.54 Å². The maximum absolute atomic E-state index is 12.5. The lowest BCUT2D eigenvalue weighted by molar-refractivity contribution is -0.139. The van der Waals surface area contributed by atoms with Crippen LogP contribution in [0, 0.1) is 0 Å². The maximum atomic E-state index is 12.5. The molecule has 1 amide bonds. The molecule has 1 fully saturated rings. The maximum Gasteiger partial charge on any atom is 0.331 e. The zero-order chi connectivity index (χ0) is 24.6. The molecule has 4 rings (SSSR count). The largest absolute Gasteiger partial charge is 0.755 e. The van der Waals surface area contributed by atoms with E-state index >= 15 is 0 Å². The predicted octanol–water partition coefficient (Wildman–Crippen LogP) is 4.31. The van der Waals surface area contributed by atoms with Gasteiger partial charge in [0, 0.05) is 41.2 Å². The number of carbonyl (C=O) groups excluding carboxylic acids is 1. The van der Waals surface area contributed by atoms with Crippen molar-refractivity contribution in [1.82, 2.24) is 4.90 Å². The minimum absolute atomic E-state index is 0.107. The van der Waals surface area contributed by atoms with Crippen LogP contribution in [0.3, 0.4) is 0 Å². The molecule has 1 aliphatic carbocycles. The minimum Gasteiger partial charge on any atom is -0.755 e. The molecule has 10 heteroatoms. The highest BCUT2D eigenvalue weighted by molar-refractivity contribution is 7.81. The van der Waals surface area contributed by atoms with Gasteiger partial charge >= 0.3 is 5.97 Å². The molecule has 34 heavy (non-hydrogen) atoms. The van der Waals surface area contributed by atoms with Gasteiger partial charge in [-0.25, -0.2) is 4.79 Å². The molecule has 7 nitrogen and oxygen atoms in total. The normalized spacial score (nSPS) is 19.9. The fourth-order valence-corrected chi connectivity index (χ4v) is 6.30. The predicted molar refractivity (Wildman–Crippen MR) is 133 cm³/mol. The number of hydrogen-bond donors (Lipinski definition) is 1. The lowest BCUT2D eigenvalue weighted by Gasteiger charge is -2.32. The molecule has 0 bridgehead atoms. The minimum atomic E-state index is -2.83. The van der Waals surface area contributed by atoms with Crippen LogP contribution >= 0.6 is 22.9 Å². The summed E-state index contributed by atoms with van der Waals surface area (Å²) in [5, 5.41) is 11.1. The van der Waals surface area contributed by atoms with Crippen molar-refractivity contribution in [3.63, 3.8) is 0 Å². The first kappa shape index (κ1) is 24.4. The number of rotatable bonds is 8. The highest BCUT2D eigenvalue weighted by atomic mass is 35.5. The third-order valence-electron chi connectivity index (χ3n) is 6.01. The highest BCUT2D eigenvalue weighted by Crippen LogP contribution is 2.59. The summed E-state index contributed by atoms with van der Waals surface area (Å²) in [6.45, 7) is 0. The van der Waals surface area contributed by atoms with Crippen molar-refractivity contribution >= 4 is 51.1 Å². The van der Waals surface area contributed by atoms with Crippen LogP contribution in [0.4, 0.5) is 5.00 Å². The average Bonchev–Trinajstić information content (AvgIpc) is 3.34. The summed E-state index contributed by atoms with van der Waals surface area (Å²) in [7, 11) is 3.31. The van der Waals surface area contributed by atoms with Crippen LogP contribution in [0.15, 0.2) is 60.7 Å². The van der Waals surface area contributed by atoms with Gasteiger partial charge in [-0.1, -0.05) is 48.0 Å². The molecule has 2 aromatic carbocycles. The Morgan fingerprint density at radius 3 is 2.44 bits per heavy atom. The molecule has 1 heterocycles. The molecule has 3 unspecified atom stereocenters. The second-order valence-electron chi connectivity index (χ2n) is 8.31. The van der Waals surface area contributed by atoms with Gasteiger partial charge in [0.05, 0.1) is 6.42 Å². The zero-order valence-electron chi connectivity index (χ0n) is 18.4. The Balaban J connectivity index is 1.71. The van der Waals surface area contributed by atoms with Crippen molar-refractivity contribution in [3.8, 4) is 10.4 Å². The molecule has 3 atom stereocenters. The fourth-order valence-electron chi connectivity index (χ4n) is 4.13. The van der Waals surface area contributed by atoms with Gasteiger partial charge in [-0.3, -0.25) is 13.3 Å². The van der Waals surface area contributed by atoms with Crippen molar-refractivity contribution in [1.29, 1.82) is 0 Å². The van der Waals surface area contributed by atoms with Crippen LogP contribution in [0.1, 0.15) is 23.5 Å². The van der Waals surface area contributed by atoms with E-state index in [-0.39, 0.29) is 18.7 Å². The smallest absolute Gasteiger partial charge is 0.331 e. The van der Waals surface area contributed by atoms with Gasteiger partial charge in [0.2, 0.25) is 5.91 Å². The van der Waals surface area contributed by atoms with Crippen LogP contribution in [-0.2, 0) is 27.3 Å². The number of carbonyl (C=O) groups is 2. The number of hydrogen-bond acceptors (Lipinski definition) is 5. The number of anilines is 1. The number of nitrogens with zero attached hydrogens (tertiary/aromatic N) is 2. The lowest BCUT2D eigenvalue weighted by Crippen LogP contribution is -2.46. The number of amides is 1. The Bertz CT molecular complexity index is 1260. The fraction of sp³-hybridized carbons (Fsp3) is 0.250. The Morgan fingerprint density at radius 2 is 1.82 bits per heavy atom. The van der Waals surface area contributed by atoms with Crippen molar-refractivity contribution in [2.45, 2.75) is 24.3 Å². The molecule has 1 saturated carbocycles. The number of thiophene rings is 1. The first-order valence-corrected chi connectivity index (χ1v) is 12.6. The monoisotopic (exact) mass is 517 g/mol. The molecular weight excluding hydrogens is 496 g/mol. The molecule has 1 aromatic heterocycles. The topological polar surface area (TPSA) is 101 Å². The number of likely N-dealkylation sites (N-methyl/N-ethyl adjacent to an activating group) is 1. The summed E-state index contributed by atoms with van der Waals surface area (Å²) in [5.41, 5.74) is 0.553. The summed E-state index contributed by atoms with van der Waals surface area (Å²) in [6.07, 6.45) is 0.215. The number of aliphatic carboxylic acids is 1. The first-order valence-electron chi connectivity index (χ1n) is 10.4. The second-order valence-corrected chi connectivity index (χ2v) is 10.6. The number of halogens is 1. The van der Waals surface area contributed by atoms with Crippen molar-refractivity contribution in [2.24, 2.45) is 0 Å². The summed E-state index contributed by atoms with van der Waals surface area (Å²) >= 11 is 4.32. The SMILES string of the molecule is CN(C)C(=O)Cc1ccccc1C1CC1(C(=O)O)N(c1ccc(-c2ccc(Cl)cc2)s1)S(=O)[O-]. The lowest BCUT2D eigenvalue weighted by atomic mass is 9.97. The first-order chi connectivity index (χ1) is 16.1. The van der Waals surface area contributed by atoms with Crippen LogP contribution in [0.5, 0.6) is 0 Å². The van der Waals surface area contributed by atoms with Crippen LogP contribution in [-0.4, -0.2) is 50.3 Å². The summed E-state index contributed by atoms with van der Waals surface area (Å²) in [6, 6.07) is 17.6. The quantitative estimate of drug-likeness (QED) is 0.449. The zero-order valence-corrected chi connectivity index (χ0v) is 20.8. The summed E-state index contributed by atoms with van der Waals surface area (Å²) < 4.78 is 25.8. The summed E-state index contributed by atoms with van der Waals surface area (Å²) in [5.74, 6) is -1.93. The molecule has 3 aromatic rings. The van der Waals surface area contributed by atoms with E-state index < -0.39 is 28.7 Å². The molecule has 1 N–H and O–H groups in total. The van der Waals surface area contributed by atoms with Crippen molar-refractivity contribution in [3.05, 3.63) is 76.8 Å². The van der Waals surface area contributed by atoms with Gasteiger partial charge in [-0.2, -0.15) is 0 Å². The van der Waals surface area contributed by atoms with E-state index in [0.717, 1.165) is 14.7 Å². The molecule has 0 saturated heterocycles. The van der Waals surface area contributed by atoms with Crippen molar-refractivity contribution < 1.29 is 23.5 Å². The average molecular weight is 518 g/mol. The standard InChI is InChI=1S/C24H23ClN2O5S2/c1-26(2)21(28)13-16-5-3-4-6-18(16)19-14-24(19,23(29)30)27(34(31)32)22-12-11-20(33-22)15-7-9-17(25)10-8-15/h3-12,19H,13-14H2,1-2H3,(H,29,30)(H,31,32)/p-1. The molecular formula is C24H22ClN2O5S2-. The van der Waals surface area contributed by atoms with Gasteiger partial charge < -0.3 is 14.6 Å². The van der Waals surface area contributed by atoms with Crippen molar-refractivity contribution in [2.75, 3.05) is 18.4 Å². The van der Waals surface area contributed by atoms with Crippen LogP contribution in [0.25, 0.3) is 10.4 Å². The molecule has 0 radical (unpaired) electrons. The molecule has 178 valence electrons. The van der Waals surface area contributed by atoms with Gasteiger partial charge in [-0.05, 0) is 47.4 Å². The van der Waals surface area contributed by atoms with E-state index in [9.17, 15) is 23.5 Å². The van der Waals surface area contributed by atoms with E-state index in [0.29, 0.717) is 21.2 Å². The number of carboxylic acids is 1. The van der Waals surface area contributed by atoms with Gasteiger partial charge in [0.1, 0.15) is 5.00 Å². The summed E-state index contributed by atoms with van der Waals surface area (Å²) in [4.78, 5) is 27.1. The van der Waals surface area contributed by atoms with E-state index in [2.05, 4.69) is 0 Å². The number of benzene rings is 2. The third kappa shape index (κ3) is 4.48. The van der Waals surface area contributed by atoms with Crippen LogP contribution < -0.4 is 4.31 Å². The Morgan fingerprint density at radius 1 is 1.15 bits per heavy atom. The second kappa shape index (κ2) is 9.50. The molecule has 1 aliphatic rings. The number of carboxylic acid groups (broad SMARTS) is 1. The highest BCUT2D eigenvalue weighted by Gasteiger charge is 2.66. The molecule has 0 aliphatic heterocycles. The van der Waals surface area contributed by atoms with Crippen LogP contribution in [0.2, 0.25) is 5.02 Å². The van der Waals surface area contributed by atoms with E-state index in [1.54, 1.807) is 62.6 Å². The molecule has 0 spiro atoms. The Hall–Kier alpha value is -2.72. The van der Waals surface area contributed by atoms with Gasteiger partial charge in [-0.15, -0.1) is 11.3 Å². The Kier molecular flexibility index (Phi) is 6.82. The Labute approximate surface area is 209 Å². The third-order valence-corrected chi connectivity index (χ3v) is 8.31. The van der Waals surface area contributed by atoms with Gasteiger partial charge in [0.25, 0.3) is 0 Å². The van der Waals surface area contributed by atoms with E-state index in [4.69, 9.17) is 11.6 Å². The van der Waals surface area contributed by atoms with E-state index in [1.165, 1.54) is 16.2 Å². The van der Waals surface area contributed by atoms with E-state index in [1.807, 2.05) is 12.1 Å².